The van der Waals surface area contributed by atoms with E-state index < -0.39 is 16.1 Å². The Bertz CT molecular complexity index is 905. The third-order valence-corrected chi connectivity index (χ3v) is 7.88. The van der Waals surface area contributed by atoms with Crippen molar-refractivity contribution in [2.24, 2.45) is 0 Å². The highest BCUT2D eigenvalue weighted by atomic mass is 32.2. The number of sulfonamides is 1. The molecule has 158 valence electrons. The van der Waals surface area contributed by atoms with Gasteiger partial charge in [-0.05, 0) is 36.6 Å². The topological polar surface area (TPSA) is 96.0 Å². The van der Waals surface area contributed by atoms with E-state index in [0.717, 1.165) is 25.7 Å². The monoisotopic (exact) mass is 421 g/mol. The van der Waals surface area contributed by atoms with Crippen molar-refractivity contribution in [1.29, 1.82) is 0 Å². The first kappa shape index (κ1) is 20.3. The number of carbonyl (C=O) groups excluding carboxylic acids is 2. The van der Waals surface area contributed by atoms with E-state index in [-0.39, 0.29) is 22.8 Å². The first-order chi connectivity index (χ1) is 13.9. The van der Waals surface area contributed by atoms with E-state index in [4.69, 9.17) is 4.74 Å². The molecule has 9 heteroatoms. The standard InChI is InChI=1S/C20H27N3O5S/c1-14(24)23-18-7-6-17(29(26,27)22-8-10-28-11-9-22)12-15(18)13-19(23)20(25)21-16-4-2-3-5-16/h6-7,12,16,19H,2-5,8-11,13H2,1H3,(H,21,25)/t19-/m0/s1. The van der Waals surface area contributed by atoms with E-state index in [1.54, 1.807) is 12.1 Å². The van der Waals surface area contributed by atoms with Gasteiger partial charge in [-0.3, -0.25) is 14.5 Å². The molecule has 0 aromatic heterocycles. The van der Waals surface area contributed by atoms with Crippen LogP contribution < -0.4 is 10.2 Å². The third kappa shape index (κ3) is 3.91. The molecule has 2 heterocycles. The minimum absolute atomic E-state index is 0.164. The van der Waals surface area contributed by atoms with Gasteiger partial charge in [0.1, 0.15) is 6.04 Å². The summed E-state index contributed by atoms with van der Waals surface area (Å²) in [6.07, 6.45) is 4.46. The molecule has 29 heavy (non-hydrogen) atoms. The van der Waals surface area contributed by atoms with Crippen LogP contribution in [0.4, 0.5) is 5.69 Å². The Morgan fingerprint density at radius 1 is 1.14 bits per heavy atom. The molecular formula is C20H27N3O5S. The molecule has 2 aliphatic heterocycles. The summed E-state index contributed by atoms with van der Waals surface area (Å²) in [6, 6.07) is 4.31. The van der Waals surface area contributed by atoms with Crippen LogP contribution in [0, 0.1) is 0 Å². The fourth-order valence-electron chi connectivity index (χ4n) is 4.49. The minimum atomic E-state index is -3.63. The summed E-state index contributed by atoms with van der Waals surface area (Å²) in [5.74, 6) is -0.389. The van der Waals surface area contributed by atoms with Crippen molar-refractivity contribution in [3.63, 3.8) is 0 Å². The van der Waals surface area contributed by atoms with E-state index in [1.807, 2.05) is 0 Å². The van der Waals surface area contributed by atoms with Crippen LogP contribution in [-0.2, 0) is 30.8 Å². The van der Waals surface area contributed by atoms with Crippen molar-refractivity contribution in [2.45, 2.75) is 56.0 Å². The summed E-state index contributed by atoms with van der Waals surface area (Å²) in [5.41, 5.74) is 1.33. The van der Waals surface area contributed by atoms with Gasteiger partial charge in [-0.1, -0.05) is 12.8 Å². The van der Waals surface area contributed by atoms with Gasteiger partial charge >= 0.3 is 0 Å². The summed E-state index contributed by atoms with van der Waals surface area (Å²) in [6.45, 7) is 2.84. The predicted octanol–water partition coefficient (Wildman–Crippen LogP) is 1.04. The van der Waals surface area contributed by atoms with Crippen LogP contribution in [-0.4, -0.2) is 62.9 Å². The number of nitrogens with zero attached hydrogens (tertiary/aromatic N) is 2. The van der Waals surface area contributed by atoms with Gasteiger partial charge in [0.15, 0.2) is 0 Å². The number of amides is 2. The lowest BCUT2D eigenvalue weighted by Gasteiger charge is -2.26. The van der Waals surface area contributed by atoms with Crippen molar-refractivity contribution >= 4 is 27.5 Å². The molecule has 1 aliphatic carbocycles. The van der Waals surface area contributed by atoms with Crippen molar-refractivity contribution in [2.75, 3.05) is 31.2 Å². The molecule has 2 fully saturated rings. The van der Waals surface area contributed by atoms with Gasteiger partial charge in [0, 0.05) is 38.2 Å². The number of carbonyl (C=O) groups is 2. The lowest BCUT2D eigenvalue weighted by molar-refractivity contribution is -0.126. The highest BCUT2D eigenvalue weighted by Crippen LogP contribution is 2.35. The van der Waals surface area contributed by atoms with Gasteiger partial charge in [0.25, 0.3) is 0 Å². The summed E-state index contributed by atoms with van der Waals surface area (Å²) in [4.78, 5) is 26.8. The van der Waals surface area contributed by atoms with Gasteiger partial charge in [0.2, 0.25) is 21.8 Å². The first-order valence-electron chi connectivity index (χ1n) is 10.2. The fraction of sp³-hybridized carbons (Fsp3) is 0.600. The van der Waals surface area contributed by atoms with Crippen molar-refractivity contribution in [1.82, 2.24) is 9.62 Å². The number of fused-ring (bicyclic) bond motifs is 1. The van der Waals surface area contributed by atoms with E-state index in [0.29, 0.717) is 44.0 Å². The number of anilines is 1. The van der Waals surface area contributed by atoms with E-state index in [1.165, 1.54) is 22.2 Å². The zero-order valence-corrected chi connectivity index (χ0v) is 17.4. The fourth-order valence-corrected chi connectivity index (χ4v) is 5.95. The molecule has 1 aromatic carbocycles. The molecule has 0 unspecified atom stereocenters. The molecule has 1 saturated carbocycles. The van der Waals surface area contributed by atoms with Crippen LogP contribution in [0.3, 0.4) is 0 Å². The largest absolute Gasteiger partial charge is 0.379 e. The Kier molecular flexibility index (Phi) is 5.63. The van der Waals surface area contributed by atoms with Crippen molar-refractivity contribution in [3.8, 4) is 0 Å². The molecule has 4 rings (SSSR count). The number of nitrogens with one attached hydrogen (secondary N) is 1. The summed E-state index contributed by atoms with van der Waals surface area (Å²) < 4.78 is 32.6. The second kappa shape index (κ2) is 8.04. The second-order valence-electron chi connectivity index (χ2n) is 7.91. The molecule has 1 atom stereocenters. The molecule has 3 aliphatic rings. The smallest absolute Gasteiger partial charge is 0.243 e. The quantitative estimate of drug-likeness (QED) is 0.784. The van der Waals surface area contributed by atoms with Crippen molar-refractivity contribution in [3.05, 3.63) is 23.8 Å². The molecule has 2 amide bonds. The zero-order valence-electron chi connectivity index (χ0n) is 16.6. The lowest BCUT2D eigenvalue weighted by Crippen LogP contribution is -2.49. The van der Waals surface area contributed by atoms with Crippen LogP contribution in [0.25, 0.3) is 0 Å². The average Bonchev–Trinajstić information content (AvgIpc) is 3.35. The summed E-state index contributed by atoms with van der Waals surface area (Å²) in [7, 11) is -3.63. The Morgan fingerprint density at radius 3 is 2.48 bits per heavy atom. The SMILES string of the molecule is CC(=O)N1c2ccc(S(=O)(=O)N3CCOCC3)cc2C[C@H]1C(=O)NC1CCCC1. The van der Waals surface area contributed by atoms with Crippen molar-refractivity contribution < 1.29 is 22.7 Å². The first-order valence-corrected chi connectivity index (χ1v) is 11.6. The lowest BCUT2D eigenvalue weighted by atomic mass is 10.1. The maximum atomic E-state index is 13.0. The number of ether oxygens (including phenoxy) is 1. The molecular weight excluding hydrogens is 394 g/mol. The Hall–Kier alpha value is -1.97. The third-order valence-electron chi connectivity index (χ3n) is 5.99. The average molecular weight is 422 g/mol. The van der Waals surface area contributed by atoms with Crippen LogP contribution in [0.2, 0.25) is 0 Å². The van der Waals surface area contributed by atoms with Gasteiger partial charge in [0.05, 0.1) is 18.1 Å². The Morgan fingerprint density at radius 2 is 1.83 bits per heavy atom. The molecule has 0 radical (unpaired) electrons. The zero-order chi connectivity index (χ0) is 20.6. The molecule has 1 N–H and O–H groups in total. The highest BCUT2D eigenvalue weighted by molar-refractivity contribution is 7.89. The minimum Gasteiger partial charge on any atom is -0.379 e. The molecule has 1 saturated heterocycles. The van der Waals surface area contributed by atoms with Crippen LogP contribution in [0.15, 0.2) is 23.1 Å². The molecule has 8 nitrogen and oxygen atoms in total. The normalized spacial score (nSPS) is 23.2. The van der Waals surface area contributed by atoms with Crippen LogP contribution in [0.5, 0.6) is 0 Å². The van der Waals surface area contributed by atoms with E-state index in [9.17, 15) is 18.0 Å². The Balaban J connectivity index is 1.59. The number of hydrogen-bond donors (Lipinski definition) is 1. The number of benzene rings is 1. The molecule has 0 bridgehead atoms. The maximum Gasteiger partial charge on any atom is 0.243 e. The number of hydrogen-bond acceptors (Lipinski definition) is 5. The second-order valence-corrected chi connectivity index (χ2v) is 9.84. The maximum absolute atomic E-state index is 13.0. The Labute approximate surface area is 171 Å². The summed E-state index contributed by atoms with van der Waals surface area (Å²) in [5, 5.41) is 3.06. The van der Waals surface area contributed by atoms with Crippen LogP contribution >= 0.6 is 0 Å². The summed E-state index contributed by atoms with van der Waals surface area (Å²) >= 11 is 0. The van der Waals surface area contributed by atoms with Crippen LogP contribution in [0.1, 0.15) is 38.2 Å². The predicted molar refractivity (Wildman–Crippen MR) is 107 cm³/mol. The molecule has 1 aromatic rings. The van der Waals surface area contributed by atoms with E-state index in [2.05, 4.69) is 5.32 Å². The van der Waals surface area contributed by atoms with Gasteiger partial charge in [-0.25, -0.2) is 8.42 Å². The van der Waals surface area contributed by atoms with Gasteiger partial charge < -0.3 is 10.1 Å². The highest BCUT2D eigenvalue weighted by Gasteiger charge is 2.39. The number of rotatable bonds is 4. The number of morpholine rings is 1. The van der Waals surface area contributed by atoms with Gasteiger partial charge in [-0.15, -0.1) is 0 Å². The van der Waals surface area contributed by atoms with Gasteiger partial charge in [-0.2, -0.15) is 4.31 Å². The van der Waals surface area contributed by atoms with E-state index >= 15 is 0 Å². The molecule has 0 spiro atoms.